The van der Waals surface area contributed by atoms with E-state index in [2.05, 4.69) is 19.8 Å². The normalized spacial score (nSPS) is 12.1. The van der Waals surface area contributed by atoms with Crippen LogP contribution in [0.5, 0.6) is 11.6 Å². The van der Waals surface area contributed by atoms with Gasteiger partial charge in [0, 0.05) is 17.0 Å². The predicted octanol–water partition coefficient (Wildman–Crippen LogP) is 4.95. The van der Waals surface area contributed by atoms with E-state index in [1.807, 2.05) is 0 Å². The van der Waals surface area contributed by atoms with Crippen LogP contribution in [0.2, 0.25) is 0 Å². The minimum Gasteiger partial charge on any atom is -0.593 e. The van der Waals surface area contributed by atoms with Gasteiger partial charge in [-0.15, -0.1) is 0 Å². The van der Waals surface area contributed by atoms with E-state index >= 15 is 0 Å². The number of nitrogens with zero attached hydrogens (tertiary/aromatic N) is 3. The topological polar surface area (TPSA) is 134 Å². The number of para-hydroxylation sites is 1. The van der Waals surface area contributed by atoms with Crippen LogP contribution >= 0.6 is 0 Å². The van der Waals surface area contributed by atoms with Crippen LogP contribution in [0.25, 0.3) is 16.6 Å². The zero-order chi connectivity index (χ0) is 27.1. The molecule has 0 aliphatic heterocycles. The standard InChI is InChI=1S/C26H22F2N6O3S/c1-13-8-23(37-22-7-5-4-6-17(22)27)31-14(2)24(13)34-26(29)16(12-30-34)25(35)21-10-15-9-18(28)20(33-38(3)36)11-19(15)32-21/h4-12,32-33H,29H2,1-3H3. The van der Waals surface area contributed by atoms with Crippen LogP contribution in [0.15, 0.2) is 54.7 Å². The average molecular weight is 537 g/mol. The summed E-state index contributed by atoms with van der Waals surface area (Å²) < 4.78 is 49.3. The maximum absolute atomic E-state index is 14.4. The Morgan fingerprint density at radius 3 is 2.63 bits per heavy atom. The number of nitrogens with two attached hydrogens (primary N) is 1. The van der Waals surface area contributed by atoms with Crippen LogP contribution in [0.4, 0.5) is 20.3 Å². The summed E-state index contributed by atoms with van der Waals surface area (Å²) in [7, 11) is 0. The molecule has 0 aliphatic carbocycles. The number of H-pyrrole nitrogens is 1. The molecule has 0 saturated carbocycles. The minimum absolute atomic E-state index is 0.0436. The van der Waals surface area contributed by atoms with Gasteiger partial charge in [-0.2, -0.15) is 5.10 Å². The fourth-order valence-electron chi connectivity index (χ4n) is 4.17. The van der Waals surface area contributed by atoms with E-state index in [0.717, 1.165) is 0 Å². The number of carbonyl (C=O) groups excluding carboxylic acids is 1. The molecular weight excluding hydrogens is 514 g/mol. The molecule has 0 spiro atoms. The minimum atomic E-state index is -1.47. The number of pyridine rings is 1. The number of aryl methyl sites for hydroxylation is 2. The lowest BCUT2D eigenvalue weighted by atomic mass is 10.1. The monoisotopic (exact) mass is 536 g/mol. The van der Waals surface area contributed by atoms with Crippen molar-refractivity contribution in [3.63, 3.8) is 0 Å². The summed E-state index contributed by atoms with van der Waals surface area (Å²) in [4.78, 5) is 20.7. The molecule has 0 amide bonds. The molecule has 194 valence electrons. The summed E-state index contributed by atoms with van der Waals surface area (Å²) in [6, 6.07) is 11.8. The fraction of sp³-hybridized carbons (Fsp3) is 0.115. The highest BCUT2D eigenvalue weighted by Gasteiger charge is 2.22. The molecule has 3 aromatic heterocycles. The van der Waals surface area contributed by atoms with Gasteiger partial charge in [-0.25, -0.2) is 23.2 Å². The molecule has 4 N–H and O–H groups in total. The van der Waals surface area contributed by atoms with Crippen LogP contribution in [0, 0.1) is 25.5 Å². The van der Waals surface area contributed by atoms with Crippen LogP contribution in [0.3, 0.4) is 0 Å². The van der Waals surface area contributed by atoms with E-state index in [4.69, 9.17) is 10.5 Å². The van der Waals surface area contributed by atoms with Gasteiger partial charge in [-0.1, -0.05) is 12.1 Å². The SMILES string of the molecule is Cc1cc(Oc2ccccc2F)nc(C)c1-n1ncc(C(=O)c2cc3cc(F)c(N[S+](C)[O-])cc3[nH]2)c1N. The number of ketones is 1. The zero-order valence-electron chi connectivity index (χ0n) is 20.5. The summed E-state index contributed by atoms with van der Waals surface area (Å²) in [6.45, 7) is 3.52. The van der Waals surface area contributed by atoms with Crippen molar-refractivity contribution in [3.05, 3.63) is 88.9 Å². The van der Waals surface area contributed by atoms with Gasteiger partial charge < -0.3 is 20.0 Å². The second-order valence-corrected chi connectivity index (χ2v) is 9.70. The molecule has 0 radical (unpaired) electrons. The highest BCUT2D eigenvalue weighted by Crippen LogP contribution is 2.30. The van der Waals surface area contributed by atoms with Crippen molar-refractivity contribution in [2.75, 3.05) is 16.7 Å². The highest BCUT2D eigenvalue weighted by molar-refractivity contribution is 7.92. The Bertz CT molecular complexity index is 1680. The first-order chi connectivity index (χ1) is 18.1. The lowest BCUT2D eigenvalue weighted by molar-refractivity contribution is 0.103. The Balaban J connectivity index is 1.46. The van der Waals surface area contributed by atoms with Gasteiger partial charge in [-0.05, 0) is 49.7 Å². The van der Waals surface area contributed by atoms with Crippen molar-refractivity contribution in [1.82, 2.24) is 19.7 Å². The number of rotatable bonds is 7. The van der Waals surface area contributed by atoms with Crippen molar-refractivity contribution >= 4 is 39.6 Å². The van der Waals surface area contributed by atoms with Gasteiger partial charge >= 0.3 is 0 Å². The first-order valence-electron chi connectivity index (χ1n) is 11.3. The van der Waals surface area contributed by atoms with Gasteiger partial charge in [0.2, 0.25) is 11.7 Å². The van der Waals surface area contributed by atoms with Gasteiger partial charge in [-0.3, -0.25) is 4.79 Å². The lowest BCUT2D eigenvalue weighted by Gasteiger charge is -2.14. The number of anilines is 2. The molecule has 9 nitrogen and oxygen atoms in total. The molecule has 38 heavy (non-hydrogen) atoms. The molecule has 0 bridgehead atoms. The number of aromatic amines is 1. The van der Waals surface area contributed by atoms with Crippen molar-refractivity contribution in [2.24, 2.45) is 0 Å². The van der Waals surface area contributed by atoms with Gasteiger partial charge in [0.05, 0.1) is 40.2 Å². The van der Waals surface area contributed by atoms with E-state index in [9.17, 15) is 18.1 Å². The van der Waals surface area contributed by atoms with Crippen molar-refractivity contribution in [3.8, 4) is 17.3 Å². The maximum Gasteiger partial charge on any atom is 0.219 e. The number of hydrogen-bond acceptors (Lipinski definition) is 7. The zero-order valence-corrected chi connectivity index (χ0v) is 21.3. The summed E-state index contributed by atoms with van der Waals surface area (Å²) >= 11 is -1.47. The number of aromatic nitrogens is 4. The third-order valence-electron chi connectivity index (χ3n) is 5.85. The van der Waals surface area contributed by atoms with E-state index in [1.165, 1.54) is 47.5 Å². The Hall–Kier alpha value is -4.42. The Morgan fingerprint density at radius 1 is 1.16 bits per heavy atom. The first kappa shape index (κ1) is 25.2. The Labute approximate surface area is 219 Å². The molecule has 0 saturated heterocycles. The molecule has 5 aromatic rings. The van der Waals surface area contributed by atoms with E-state index in [0.29, 0.717) is 27.8 Å². The Morgan fingerprint density at radius 2 is 1.92 bits per heavy atom. The largest absolute Gasteiger partial charge is 0.593 e. The number of carbonyl (C=O) groups is 1. The average Bonchev–Trinajstić information content (AvgIpc) is 3.43. The van der Waals surface area contributed by atoms with Gasteiger partial charge in [0.15, 0.2) is 17.4 Å². The number of nitrogen functional groups attached to an aromatic ring is 1. The molecule has 0 aliphatic rings. The third kappa shape index (κ3) is 4.66. The summed E-state index contributed by atoms with van der Waals surface area (Å²) in [5, 5.41) is 4.77. The lowest BCUT2D eigenvalue weighted by Crippen LogP contribution is -2.10. The molecular formula is C26H22F2N6O3S. The third-order valence-corrected chi connectivity index (χ3v) is 6.36. The van der Waals surface area contributed by atoms with E-state index < -0.39 is 28.8 Å². The number of nitrogens with one attached hydrogen (secondary N) is 2. The van der Waals surface area contributed by atoms with Crippen molar-refractivity contribution in [1.29, 1.82) is 0 Å². The number of ether oxygens (including phenoxy) is 1. The fourth-order valence-corrected chi connectivity index (χ4v) is 4.63. The van der Waals surface area contributed by atoms with Crippen LogP contribution in [-0.4, -0.2) is 36.3 Å². The van der Waals surface area contributed by atoms with Crippen LogP contribution in [0.1, 0.15) is 27.3 Å². The Kier molecular flexibility index (Phi) is 6.51. The molecule has 0 fully saturated rings. The number of benzene rings is 2. The molecule has 12 heteroatoms. The van der Waals surface area contributed by atoms with E-state index in [-0.39, 0.29) is 34.4 Å². The number of hydrogen-bond donors (Lipinski definition) is 3. The van der Waals surface area contributed by atoms with Crippen molar-refractivity contribution < 1.29 is 22.9 Å². The van der Waals surface area contributed by atoms with E-state index in [1.54, 1.807) is 32.0 Å². The number of halogens is 2. The van der Waals surface area contributed by atoms with Crippen LogP contribution in [-0.2, 0) is 11.4 Å². The second-order valence-electron chi connectivity index (χ2n) is 8.59. The smallest absolute Gasteiger partial charge is 0.219 e. The molecule has 2 aromatic carbocycles. The first-order valence-corrected chi connectivity index (χ1v) is 12.9. The molecule has 3 heterocycles. The summed E-state index contributed by atoms with van der Waals surface area (Å²) in [5.41, 5.74) is 8.92. The summed E-state index contributed by atoms with van der Waals surface area (Å²) in [6.07, 6.45) is 2.73. The maximum atomic E-state index is 14.4. The molecule has 5 rings (SSSR count). The van der Waals surface area contributed by atoms with Gasteiger partial charge in [0.1, 0.15) is 17.8 Å². The second kappa shape index (κ2) is 9.80. The van der Waals surface area contributed by atoms with Gasteiger partial charge in [0.25, 0.3) is 0 Å². The van der Waals surface area contributed by atoms with Crippen molar-refractivity contribution in [2.45, 2.75) is 13.8 Å². The van der Waals surface area contributed by atoms with Crippen LogP contribution < -0.4 is 15.2 Å². The molecule has 1 atom stereocenters. The highest BCUT2D eigenvalue weighted by atomic mass is 32.2. The number of fused-ring (bicyclic) bond motifs is 1. The summed E-state index contributed by atoms with van der Waals surface area (Å²) in [5.74, 6) is -1.23. The quantitative estimate of drug-likeness (QED) is 0.198. The molecule has 1 unspecified atom stereocenters. The predicted molar refractivity (Wildman–Crippen MR) is 141 cm³/mol.